The third-order valence-corrected chi connectivity index (χ3v) is 8.43. The molecule has 4 unspecified atom stereocenters. The molecule has 0 saturated carbocycles. The number of benzene rings is 2. The Kier molecular flexibility index (Phi) is 6.03. The van der Waals surface area contributed by atoms with Crippen LogP contribution in [0.5, 0.6) is 0 Å². The number of halogens is 2. The minimum atomic E-state index is -0.649. The second-order valence-electron chi connectivity index (χ2n) is 6.30. The molecule has 0 amide bonds. The molecule has 4 heteroatoms. The zero-order valence-electron chi connectivity index (χ0n) is 13.2. The topological polar surface area (TPSA) is 0 Å². The molecule has 0 bridgehead atoms. The maximum atomic E-state index is 6.82. The van der Waals surface area contributed by atoms with Gasteiger partial charge in [-0.1, -0.05) is 72.8 Å². The van der Waals surface area contributed by atoms with Gasteiger partial charge in [-0.3, -0.25) is 0 Å². The zero-order chi connectivity index (χ0) is 15.8. The number of allylic oxidation sites excluding steroid dienone is 2. The van der Waals surface area contributed by atoms with Crippen LogP contribution in [0, 0.1) is 0 Å². The fraction of sp³-hybridized carbons (Fsp3) is 0.200. The zero-order valence-corrected chi connectivity index (χ0v) is 18.6. The van der Waals surface area contributed by atoms with Gasteiger partial charge in [0.2, 0.25) is 0 Å². The van der Waals surface area contributed by atoms with E-state index >= 15 is 0 Å². The molecule has 2 aliphatic carbocycles. The van der Waals surface area contributed by atoms with Gasteiger partial charge in [-0.25, -0.2) is 0 Å². The summed E-state index contributed by atoms with van der Waals surface area (Å²) in [5.74, 6) is 0.641. The maximum Gasteiger partial charge on any atom is 0.0654 e. The third kappa shape index (κ3) is 3.44. The molecule has 0 radical (unpaired) electrons. The molecule has 0 aliphatic heterocycles. The van der Waals surface area contributed by atoms with Crippen molar-refractivity contribution in [2.45, 2.75) is 21.8 Å². The molecule has 2 aliphatic rings. The van der Waals surface area contributed by atoms with Gasteiger partial charge in [-0.2, -0.15) is 0 Å². The summed E-state index contributed by atoms with van der Waals surface area (Å²) in [7, 11) is -0.649. The molecule has 0 fully saturated rings. The van der Waals surface area contributed by atoms with E-state index in [2.05, 4.69) is 72.8 Å². The van der Waals surface area contributed by atoms with Crippen LogP contribution < -0.4 is 0 Å². The smallest absolute Gasteiger partial charge is 0.0654 e. The second-order valence-corrected chi connectivity index (χ2v) is 10.7. The Morgan fingerprint density at radius 3 is 1.58 bits per heavy atom. The fourth-order valence-corrected chi connectivity index (χ4v) is 7.40. The number of hydrogen-bond donors (Lipinski definition) is 0. The van der Waals surface area contributed by atoms with Gasteiger partial charge in [0.05, 0.1) is 9.52 Å². The van der Waals surface area contributed by atoms with Crippen molar-refractivity contribution < 1.29 is 26.2 Å². The van der Waals surface area contributed by atoms with Gasteiger partial charge in [0, 0.05) is 48.0 Å². The minimum absolute atomic E-state index is 0. The Morgan fingerprint density at radius 2 is 1.12 bits per heavy atom. The van der Waals surface area contributed by atoms with Gasteiger partial charge in [-0.05, 0) is 22.3 Å². The second kappa shape index (κ2) is 7.87. The summed E-state index contributed by atoms with van der Waals surface area (Å²) >= 11 is 13.6. The summed E-state index contributed by atoms with van der Waals surface area (Å²) in [5, 5.41) is 0.303. The Balaban J connectivity index is 0.00000169. The van der Waals surface area contributed by atoms with Gasteiger partial charge < -0.3 is 0 Å². The van der Waals surface area contributed by atoms with Gasteiger partial charge in [0.15, 0.2) is 0 Å². The molecule has 0 heterocycles. The molecule has 2 aromatic carbocycles. The SMILES string of the molecule is ClC([SiH2]C(Cl)C1C=Cc2ccccc21)C1C=Cc2ccccc21.[Zr]. The van der Waals surface area contributed by atoms with Crippen LogP contribution in [0.4, 0.5) is 0 Å². The van der Waals surface area contributed by atoms with E-state index in [-0.39, 0.29) is 36.2 Å². The van der Waals surface area contributed by atoms with Crippen LogP contribution in [0.2, 0.25) is 0 Å². The van der Waals surface area contributed by atoms with Crippen LogP contribution in [0.25, 0.3) is 12.2 Å². The summed E-state index contributed by atoms with van der Waals surface area (Å²) in [4.78, 5) is 0. The average molecular weight is 449 g/mol. The standard InChI is InChI=1S/C20H18Cl2Si.Zr/c21-19(17-11-9-13-5-1-3-7-15(13)17)23-20(22)18-12-10-14-6-2-4-8-16(14)18;/h1-12,17-20H,23H2;. The van der Waals surface area contributed by atoms with Crippen molar-refractivity contribution in [2.24, 2.45) is 0 Å². The third-order valence-electron chi connectivity index (χ3n) is 4.91. The molecule has 0 nitrogen and oxygen atoms in total. The van der Waals surface area contributed by atoms with Crippen LogP contribution in [0.1, 0.15) is 34.1 Å². The molecule has 4 rings (SSSR count). The van der Waals surface area contributed by atoms with Crippen molar-refractivity contribution >= 4 is 44.9 Å². The monoisotopic (exact) mass is 446 g/mol. The summed E-state index contributed by atoms with van der Waals surface area (Å²) in [6.07, 6.45) is 8.88. The molecule has 0 spiro atoms. The Labute approximate surface area is 174 Å². The van der Waals surface area contributed by atoms with Gasteiger partial charge >= 0.3 is 0 Å². The Bertz CT molecular complexity index is 721. The molecule has 120 valence electrons. The molecule has 4 atom stereocenters. The first-order chi connectivity index (χ1) is 11.2. The van der Waals surface area contributed by atoms with Crippen molar-refractivity contribution in [2.75, 3.05) is 0 Å². The van der Waals surface area contributed by atoms with Crippen LogP contribution >= 0.6 is 23.2 Å². The first kappa shape index (κ1) is 18.4. The van der Waals surface area contributed by atoms with Crippen LogP contribution in [-0.4, -0.2) is 19.5 Å². The summed E-state index contributed by atoms with van der Waals surface area (Å²) in [6, 6.07) is 17.1. The van der Waals surface area contributed by atoms with Gasteiger partial charge in [0.25, 0.3) is 0 Å². The van der Waals surface area contributed by atoms with E-state index in [4.69, 9.17) is 23.2 Å². The number of rotatable bonds is 4. The molecular formula is C20H18Cl2SiZr. The van der Waals surface area contributed by atoms with Crippen LogP contribution in [-0.2, 0) is 26.2 Å². The van der Waals surface area contributed by atoms with Gasteiger partial charge in [0.1, 0.15) is 0 Å². The van der Waals surface area contributed by atoms with Crippen molar-refractivity contribution in [1.82, 2.24) is 0 Å². The number of fused-ring (bicyclic) bond motifs is 2. The first-order valence-corrected chi connectivity index (χ1v) is 10.6. The molecule has 0 aromatic heterocycles. The predicted molar refractivity (Wildman–Crippen MR) is 104 cm³/mol. The quantitative estimate of drug-likeness (QED) is 0.461. The van der Waals surface area contributed by atoms with Crippen molar-refractivity contribution in [3.8, 4) is 0 Å². The molecular weight excluding hydrogens is 430 g/mol. The van der Waals surface area contributed by atoms with E-state index in [9.17, 15) is 0 Å². The summed E-state index contributed by atoms with van der Waals surface area (Å²) < 4.78 is 0. The van der Waals surface area contributed by atoms with E-state index in [0.29, 0.717) is 11.8 Å². The van der Waals surface area contributed by atoms with E-state index in [0.717, 1.165) is 0 Å². The van der Waals surface area contributed by atoms with Crippen LogP contribution in [0.3, 0.4) is 0 Å². The van der Waals surface area contributed by atoms with Crippen molar-refractivity contribution in [1.29, 1.82) is 0 Å². The van der Waals surface area contributed by atoms with E-state index in [1.165, 1.54) is 22.3 Å². The molecule has 2 aromatic rings. The maximum absolute atomic E-state index is 6.82. The first-order valence-electron chi connectivity index (χ1n) is 8.06. The van der Waals surface area contributed by atoms with Crippen molar-refractivity contribution in [3.63, 3.8) is 0 Å². The molecule has 24 heavy (non-hydrogen) atoms. The fourth-order valence-electron chi connectivity index (χ4n) is 3.69. The predicted octanol–water partition coefficient (Wildman–Crippen LogP) is 4.90. The number of hydrogen-bond acceptors (Lipinski definition) is 0. The van der Waals surface area contributed by atoms with Crippen LogP contribution in [0.15, 0.2) is 60.7 Å². The Morgan fingerprint density at radius 1 is 0.708 bits per heavy atom. The van der Waals surface area contributed by atoms with E-state index < -0.39 is 9.52 Å². The van der Waals surface area contributed by atoms with Gasteiger partial charge in [-0.15, -0.1) is 23.2 Å². The summed E-state index contributed by atoms with van der Waals surface area (Å²) in [6.45, 7) is 0. The Hall–Kier alpha value is -0.400. The normalized spacial score (nSPS) is 23.1. The number of alkyl halides is 2. The van der Waals surface area contributed by atoms with Crippen molar-refractivity contribution in [3.05, 3.63) is 82.9 Å². The van der Waals surface area contributed by atoms with E-state index in [1.807, 2.05) is 0 Å². The largest absolute Gasteiger partial charge is 0.126 e. The average Bonchev–Trinajstić information content (AvgIpc) is 3.19. The minimum Gasteiger partial charge on any atom is -0.126 e. The molecule has 0 N–H and O–H groups in total. The summed E-state index contributed by atoms with van der Waals surface area (Å²) in [5.41, 5.74) is 5.31. The van der Waals surface area contributed by atoms with E-state index in [1.54, 1.807) is 0 Å². The molecule has 0 saturated heterocycles.